The van der Waals surface area contributed by atoms with Crippen molar-refractivity contribution >= 4 is 22.6 Å². The van der Waals surface area contributed by atoms with Crippen molar-refractivity contribution < 1.29 is 19.0 Å². The van der Waals surface area contributed by atoms with Crippen molar-refractivity contribution in [3.8, 4) is 17.2 Å². The molecule has 0 radical (unpaired) electrons. The number of hydrogen-bond acceptors (Lipinski definition) is 6. The summed E-state index contributed by atoms with van der Waals surface area (Å²) in [6.45, 7) is 5.07. The molecule has 7 heteroatoms. The van der Waals surface area contributed by atoms with Crippen molar-refractivity contribution in [3.63, 3.8) is 0 Å². The Morgan fingerprint density at radius 2 is 1.74 bits per heavy atom. The van der Waals surface area contributed by atoms with Crippen LogP contribution in [0.15, 0.2) is 76.1 Å². The Morgan fingerprint density at radius 1 is 1.03 bits per heavy atom. The summed E-state index contributed by atoms with van der Waals surface area (Å²) in [5, 5.41) is 11.4. The number of hydrogen-bond donors (Lipinski definition) is 1. The number of benzene rings is 3. The molecule has 182 valence electrons. The minimum absolute atomic E-state index is 0.0872. The van der Waals surface area contributed by atoms with Crippen LogP contribution in [-0.2, 0) is 6.54 Å². The molecule has 0 saturated heterocycles. The number of fused-ring (bicyclic) bond motifs is 1. The standard InChI is InChI=1S/C28H28ClNO5/c1-18-11-23(12-19(2)27(18)29)35-26-17-34-25-13-22(9-10-24(25)28(26)32)33-16-21(31)15-30(3)14-20-7-5-4-6-8-20/h4-13,17,21,31H,14-16H2,1-3H3/t21-/m0/s1. The quantitative estimate of drug-likeness (QED) is 0.321. The Morgan fingerprint density at radius 3 is 2.46 bits per heavy atom. The summed E-state index contributed by atoms with van der Waals surface area (Å²) < 4.78 is 17.2. The van der Waals surface area contributed by atoms with Crippen molar-refractivity contribution in [1.29, 1.82) is 0 Å². The second-order valence-corrected chi connectivity index (χ2v) is 9.09. The number of ether oxygens (including phenoxy) is 2. The Bertz CT molecular complexity index is 1350. The summed E-state index contributed by atoms with van der Waals surface area (Å²) in [5.74, 6) is 1.11. The van der Waals surface area contributed by atoms with E-state index in [4.69, 9.17) is 25.5 Å². The Hall–Kier alpha value is -3.32. The first-order valence-corrected chi connectivity index (χ1v) is 11.7. The topological polar surface area (TPSA) is 72.1 Å². The molecule has 0 amide bonds. The largest absolute Gasteiger partial charge is 0.491 e. The van der Waals surface area contributed by atoms with Crippen LogP contribution in [0.4, 0.5) is 0 Å². The lowest BCUT2D eigenvalue weighted by molar-refractivity contribution is 0.0744. The van der Waals surface area contributed by atoms with Crippen LogP contribution in [-0.4, -0.2) is 36.3 Å². The molecule has 0 bridgehead atoms. The smallest absolute Gasteiger partial charge is 0.235 e. The third kappa shape index (κ3) is 6.22. The minimum Gasteiger partial charge on any atom is -0.491 e. The van der Waals surface area contributed by atoms with Gasteiger partial charge in [-0.1, -0.05) is 41.9 Å². The van der Waals surface area contributed by atoms with Gasteiger partial charge in [0.25, 0.3) is 0 Å². The minimum atomic E-state index is -0.673. The molecule has 0 aliphatic heterocycles. The Kier molecular flexibility index (Phi) is 7.76. The second kappa shape index (κ2) is 11.0. The van der Waals surface area contributed by atoms with Crippen LogP contribution in [0.1, 0.15) is 16.7 Å². The van der Waals surface area contributed by atoms with E-state index in [2.05, 4.69) is 12.1 Å². The first-order valence-electron chi connectivity index (χ1n) is 11.3. The highest BCUT2D eigenvalue weighted by Crippen LogP contribution is 2.29. The zero-order valence-corrected chi connectivity index (χ0v) is 20.7. The summed E-state index contributed by atoms with van der Waals surface area (Å²) in [6, 6.07) is 18.6. The van der Waals surface area contributed by atoms with Crippen LogP contribution in [0.2, 0.25) is 5.02 Å². The van der Waals surface area contributed by atoms with E-state index in [1.165, 1.54) is 11.8 Å². The third-order valence-corrected chi connectivity index (χ3v) is 6.21. The van der Waals surface area contributed by atoms with E-state index in [9.17, 15) is 9.90 Å². The third-order valence-electron chi connectivity index (χ3n) is 5.61. The van der Waals surface area contributed by atoms with Crippen molar-refractivity contribution in [2.75, 3.05) is 20.2 Å². The fraction of sp³-hybridized carbons (Fsp3) is 0.250. The highest BCUT2D eigenvalue weighted by Gasteiger charge is 2.13. The molecular weight excluding hydrogens is 466 g/mol. The summed E-state index contributed by atoms with van der Waals surface area (Å²) in [4.78, 5) is 15.0. The molecule has 0 unspecified atom stereocenters. The molecule has 6 nitrogen and oxygen atoms in total. The highest BCUT2D eigenvalue weighted by molar-refractivity contribution is 6.32. The molecule has 0 aliphatic rings. The Labute approximate surface area is 209 Å². The molecule has 1 atom stereocenters. The average Bonchev–Trinajstić information content (AvgIpc) is 2.83. The van der Waals surface area contributed by atoms with Gasteiger partial charge in [-0.25, -0.2) is 0 Å². The van der Waals surface area contributed by atoms with Crippen molar-refractivity contribution in [3.05, 3.63) is 98.9 Å². The van der Waals surface area contributed by atoms with Crippen molar-refractivity contribution in [1.82, 2.24) is 4.90 Å². The summed E-state index contributed by atoms with van der Waals surface area (Å²) >= 11 is 6.21. The van der Waals surface area contributed by atoms with Gasteiger partial charge >= 0.3 is 0 Å². The molecule has 0 aliphatic carbocycles. The molecule has 1 heterocycles. The Balaban J connectivity index is 1.39. The van der Waals surface area contributed by atoms with Gasteiger partial charge in [-0.2, -0.15) is 0 Å². The summed E-state index contributed by atoms with van der Waals surface area (Å²) in [7, 11) is 1.95. The van der Waals surface area contributed by atoms with Crippen LogP contribution in [0.5, 0.6) is 17.2 Å². The SMILES string of the molecule is Cc1cc(Oc2coc3cc(OC[C@@H](O)CN(C)Cc4ccccc4)ccc3c2=O)cc(C)c1Cl. The second-order valence-electron chi connectivity index (χ2n) is 8.71. The molecule has 4 aromatic rings. The van der Waals surface area contributed by atoms with E-state index in [0.29, 0.717) is 34.0 Å². The zero-order chi connectivity index (χ0) is 24.9. The normalized spacial score (nSPS) is 12.2. The first-order chi connectivity index (χ1) is 16.8. The number of aliphatic hydroxyl groups is 1. The molecule has 0 fully saturated rings. The van der Waals surface area contributed by atoms with Gasteiger partial charge in [-0.3, -0.25) is 9.69 Å². The van der Waals surface area contributed by atoms with Crippen LogP contribution >= 0.6 is 11.6 Å². The van der Waals surface area contributed by atoms with E-state index in [0.717, 1.165) is 17.7 Å². The first kappa shape index (κ1) is 24.8. The van der Waals surface area contributed by atoms with E-state index < -0.39 is 6.10 Å². The maximum atomic E-state index is 12.9. The van der Waals surface area contributed by atoms with Crippen molar-refractivity contribution in [2.24, 2.45) is 0 Å². The van der Waals surface area contributed by atoms with Gasteiger partial charge in [0.2, 0.25) is 11.2 Å². The fourth-order valence-corrected chi connectivity index (χ4v) is 4.02. The lowest BCUT2D eigenvalue weighted by atomic mass is 10.1. The molecule has 0 saturated carbocycles. The number of likely N-dealkylation sites (N-methyl/N-ethyl adjacent to an activating group) is 1. The fourth-order valence-electron chi connectivity index (χ4n) is 3.91. The molecule has 35 heavy (non-hydrogen) atoms. The van der Waals surface area contributed by atoms with E-state index in [1.807, 2.05) is 44.0 Å². The predicted molar refractivity (Wildman–Crippen MR) is 138 cm³/mol. The number of aryl methyl sites for hydroxylation is 2. The number of aliphatic hydroxyl groups excluding tert-OH is 1. The molecule has 3 aromatic carbocycles. The van der Waals surface area contributed by atoms with Gasteiger partial charge in [0.05, 0.1) is 5.39 Å². The lowest BCUT2D eigenvalue weighted by Crippen LogP contribution is -2.32. The maximum absolute atomic E-state index is 12.9. The lowest BCUT2D eigenvalue weighted by Gasteiger charge is -2.21. The number of rotatable bonds is 9. The molecule has 1 aromatic heterocycles. The molecule has 1 N–H and O–H groups in total. The van der Waals surface area contributed by atoms with Gasteiger partial charge in [-0.15, -0.1) is 0 Å². The number of halogens is 1. The van der Waals surface area contributed by atoms with Crippen LogP contribution in [0.25, 0.3) is 11.0 Å². The highest BCUT2D eigenvalue weighted by atomic mass is 35.5. The molecular formula is C28H28ClNO5. The summed E-state index contributed by atoms with van der Waals surface area (Å²) in [5.41, 5.74) is 2.99. The van der Waals surface area contributed by atoms with Crippen LogP contribution < -0.4 is 14.9 Å². The van der Waals surface area contributed by atoms with Crippen LogP contribution in [0, 0.1) is 13.8 Å². The van der Waals surface area contributed by atoms with Crippen LogP contribution in [0.3, 0.4) is 0 Å². The number of nitrogens with zero attached hydrogens (tertiary/aromatic N) is 1. The van der Waals surface area contributed by atoms with Crippen molar-refractivity contribution in [2.45, 2.75) is 26.5 Å². The van der Waals surface area contributed by atoms with E-state index in [1.54, 1.807) is 30.3 Å². The predicted octanol–water partition coefficient (Wildman–Crippen LogP) is 5.73. The zero-order valence-electron chi connectivity index (χ0n) is 20.0. The van der Waals surface area contributed by atoms with Gasteiger partial charge < -0.3 is 19.0 Å². The van der Waals surface area contributed by atoms with E-state index in [-0.39, 0.29) is 17.8 Å². The molecule has 0 spiro atoms. The van der Waals surface area contributed by atoms with E-state index >= 15 is 0 Å². The maximum Gasteiger partial charge on any atom is 0.235 e. The average molecular weight is 494 g/mol. The van der Waals surface area contributed by atoms with Gasteiger partial charge in [0.1, 0.15) is 36.1 Å². The summed E-state index contributed by atoms with van der Waals surface area (Å²) in [6.07, 6.45) is 0.620. The van der Waals surface area contributed by atoms with Gasteiger partial charge in [0.15, 0.2) is 0 Å². The van der Waals surface area contributed by atoms with Gasteiger partial charge in [0, 0.05) is 24.2 Å². The monoisotopic (exact) mass is 493 g/mol. The molecule has 4 rings (SSSR count). The van der Waals surface area contributed by atoms with Gasteiger partial charge in [-0.05, 0) is 61.9 Å².